The van der Waals surface area contributed by atoms with Crippen molar-refractivity contribution in [2.75, 3.05) is 5.32 Å². The lowest BCUT2D eigenvalue weighted by molar-refractivity contribution is 0.102. The number of nitrogens with one attached hydrogen (secondary N) is 1. The molecule has 2 aromatic rings. The monoisotopic (exact) mass is 250 g/mol. The molecule has 1 aromatic heterocycles. The number of hydrogen-bond donors (Lipinski definition) is 2. The summed E-state index contributed by atoms with van der Waals surface area (Å²) in [6.07, 6.45) is 2.35. The predicted molar refractivity (Wildman–Crippen MR) is 60.2 cm³/mol. The van der Waals surface area contributed by atoms with E-state index < -0.39 is 17.5 Å². The number of carbonyl (C=O) groups excluding carboxylic acids is 1. The molecule has 0 atom stereocenters. The molecule has 0 radical (unpaired) electrons. The average molecular weight is 250 g/mol. The molecule has 0 aliphatic carbocycles. The summed E-state index contributed by atoms with van der Waals surface area (Å²) in [6, 6.07) is 4.61. The first kappa shape index (κ1) is 12.0. The van der Waals surface area contributed by atoms with Gasteiger partial charge in [-0.15, -0.1) is 0 Å². The molecule has 0 aliphatic heterocycles. The Kier molecular flexibility index (Phi) is 3.18. The second kappa shape index (κ2) is 4.79. The van der Waals surface area contributed by atoms with Crippen molar-refractivity contribution >= 4 is 11.6 Å². The van der Waals surface area contributed by atoms with Gasteiger partial charge in [-0.1, -0.05) is 6.07 Å². The third kappa shape index (κ3) is 2.42. The number of amides is 1. The molecule has 1 amide bonds. The van der Waals surface area contributed by atoms with Gasteiger partial charge in [0.2, 0.25) is 0 Å². The fraction of sp³-hybridized carbons (Fsp3) is 0. The van der Waals surface area contributed by atoms with Gasteiger partial charge in [0.15, 0.2) is 11.6 Å². The molecule has 0 saturated heterocycles. The molecular formula is C12H8F2N2O2. The molecule has 6 heteroatoms. The molecule has 18 heavy (non-hydrogen) atoms. The van der Waals surface area contributed by atoms with Crippen molar-refractivity contribution in [3.8, 4) is 5.75 Å². The molecule has 4 nitrogen and oxygen atoms in total. The number of carbonyl (C=O) groups is 1. The van der Waals surface area contributed by atoms with Gasteiger partial charge in [-0.2, -0.15) is 0 Å². The van der Waals surface area contributed by atoms with Gasteiger partial charge in [0.1, 0.15) is 5.75 Å². The lowest BCUT2D eigenvalue weighted by atomic mass is 10.2. The molecule has 2 rings (SSSR count). The summed E-state index contributed by atoms with van der Waals surface area (Å²) < 4.78 is 26.2. The average Bonchev–Trinajstić information content (AvgIpc) is 2.35. The molecule has 0 aliphatic rings. The van der Waals surface area contributed by atoms with Crippen molar-refractivity contribution in [3.63, 3.8) is 0 Å². The van der Waals surface area contributed by atoms with Crippen LogP contribution in [0.5, 0.6) is 5.75 Å². The number of halogens is 2. The maximum absolute atomic E-state index is 13.3. The highest BCUT2D eigenvalue weighted by Crippen LogP contribution is 2.18. The van der Waals surface area contributed by atoms with E-state index in [0.717, 1.165) is 12.3 Å². The molecule has 92 valence electrons. The van der Waals surface area contributed by atoms with Crippen LogP contribution in [0, 0.1) is 11.6 Å². The lowest BCUT2D eigenvalue weighted by Crippen LogP contribution is -2.13. The van der Waals surface area contributed by atoms with Crippen molar-refractivity contribution in [2.24, 2.45) is 0 Å². The first-order valence-electron chi connectivity index (χ1n) is 4.97. The second-order valence-electron chi connectivity index (χ2n) is 3.49. The molecule has 0 saturated carbocycles. The molecule has 1 heterocycles. The van der Waals surface area contributed by atoms with Gasteiger partial charge < -0.3 is 10.4 Å². The lowest BCUT2D eigenvalue weighted by Gasteiger charge is -2.06. The Labute approximate surface area is 101 Å². The predicted octanol–water partition coefficient (Wildman–Crippen LogP) is 2.32. The van der Waals surface area contributed by atoms with Gasteiger partial charge in [0.25, 0.3) is 5.91 Å². The Morgan fingerprint density at radius 1 is 1.28 bits per heavy atom. The number of rotatable bonds is 2. The van der Waals surface area contributed by atoms with Crippen molar-refractivity contribution in [1.29, 1.82) is 0 Å². The SMILES string of the molecule is O=C(Nc1cccc(F)c1F)c1cncc(O)c1. The highest BCUT2D eigenvalue weighted by molar-refractivity contribution is 6.04. The van der Waals surface area contributed by atoms with E-state index in [1.165, 1.54) is 24.4 Å². The number of hydrogen-bond acceptors (Lipinski definition) is 3. The highest BCUT2D eigenvalue weighted by atomic mass is 19.2. The van der Waals surface area contributed by atoms with Gasteiger partial charge in [-0.25, -0.2) is 8.78 Å². The zero-order valence-electron chi connectivity index (χ0n) is 9.02. The molecule has 2 N–H and O–H groups in total. The Bertz CT molecular complexity index is 602. The van der Waals surface area contributed by atoms with Crippen LogP contribution >= 0.6 is 0 Å². The molecule has 0 spiro atoms. The van der Waals surface area contributed by atoms with Crippen LogP contribution in [-0.4, -0.2) is 16.0 Å². The van der Waals surface area contributed by atoms with E-state index in [1.54, 1.807) is 0 Å². The van der Waals surface area contributed by atoms with Crippen LogP contribution in [0.4, 0.5) is 14.5 Å². The third-order valence-electron chi connectivity index (χ3n) is 2.19. The van der Waals surface area contributed by atoms with Crippen LogP contribution in [0.3, 0.4) is 0 Å². The minimum Gasteiger partial charge on any atom is -0.506 e. The molecule has 1 aromatic carbocycles. The Balaban J connectivity index is 2.24. The number of benzene rings is 1. The fourth-order valence-electron chi connectivity index (χ4n) is 1.35. The summed E-state index contributed by atoms with van der Waals surface area (Å²) in [5, 5.41) is 11.3. The molecule has 0 bridgehead atoms. The van der Waals surface area contributed by atoms with Gasteiger partial charge >= 0.3 is 0 Å². The maximum atomic E-state index is 13.3. The smallest absolute Gasteiger partial charge is 0.257 e. The Morgan fingerprint density at radius 3 is 2.78 bits per heavy atom. The van der Waals surface area contributed by atoms with Crippen molar-refractivity contribution in [2.45, 2.75) is 0 Å². The van der Waals surface area contributed by atoms with E-state index in [9.17, 15) is 13.6 Å². The van der Waals surface area contributed by atoms with Gasteiger partial charge in [0.05, 0.1) is 17.4 Å². The number of aromatic hydroxyl groups is 1. The van der Waals surface area contributed by atoms with E-state index in [-0.39, 0.29) is 17.0 Å². The van der Waals surface area contributed by atoms with Gasteiger partial charge in [-0.05, 0) is 18.2 Å². The number of anilines is 1. The Hall–Kier alpha value is -2.50. The first-order chi connectivity index (χ1) is 8.58. The number of nitrogens with zero attached hydrogens (tertiary/aromatic N) is 1. The van der Waals surface area contributed by atoms with E-state index in [1.807, 2.05) is 0 Å². The standard InChI is InChI=1S/C12H8F2N2O2/c13-9-2-1-3-10(11(9)14)16-12(18)7-4-8(17)6-15-5-7/h1-6,17H,(H,16,18). The van der Waals surface area contributed by atoms with Crippen LogP contribution < -0.4 is 5.32 Å². The molecular weight excluding hydrogens is 242 g/mol. The van der Waals surface area contributed by atoms with E-state index in [0.29, 0.717) is 0 Å². The number of pyridine rings is 1. The zero-order chi connectivity index (χ0) is 13.1. The number of aromatic nitrogens is 1. The summed E-state index contributed by atoms with van der Waals surface area (Å²) >= 11 is 0. The van der Waals surface area contributed by atoms with Crippen molar-refractivity contribution < 1.29 is 18.7 Å². The van der Waals surface area contributed by atoms with Gasteiger partial charge in [-0.3, -0.25) is 9.78 Å². The summed E-state index contributed by atoms with van der Waals surface area (Å²) in [4.78, 5) is 15.3. The molecule has 0 unspecified atom stereocenters. The summed E-state index contributed by atoms with van der Waals surface area (Å²) in [5.41, 5.74) is -0.234. The minimum absolute atomic E-state index is 0.0404. The van der Waals surface area contributed by atoms with Gasteiger partial charge in [0, 0.05) is 6.20 Å². The fourth-order valence-corrected chi connectivity index (χ4v) is 1.35. The van der Waals surface area contributed by atoms with E-state index >= 15 is 0 Å². The van der Waals surface area contributed by atoms with Crippen LogP contribution in [0.25, 0.3) is 0 Å². The largest absolute Gasteiger partial charge is 0.506 e. The van der Waals surface area contributed by atoms with Crippen LogP contribution in [0.2, 0.25) is 0 Å². The third-order valence-corrected chi connectivity index (χ3v) is 2.19. The zero-order valence-corrected chi connectivity index (χ0v) is 9.02. The molecule has 0 fully saturated rings. The Morgan fingerprint density at radius 2 is 2.06 bits per heavy atom. The minimum atomic E-state index is -1.14. The van der Waals surface area contributed by atoms with Crippen LogP contribution in [-0.2, 0) is 0 Å². The second-order valence-corrected chi connectivity index (χ2v) is 3.49. The topological polar surface area (TPSA) is 62.2 Å². The van der Waals surface area contributed by atoms with E-state index in [4.69, 9.17) is 5.11 Å². The first-order valence-corrected chi connectivity index (χ1v) is 4.97. The normalized spacial score (nSPS) is 10.1. The summed E-state index contributed by atoms with van der Waals surface area (Å²) in [7, 11) is 0. The summed E-state index contributed by atoms with van der Waals surface area (Å²) in [5.74, 6) is -3.08. The van der Waals surface area contributed by atoms with E-state index in [2.05, 4.69) is 10.3 Å². The van der Waals surface area contributed by atoms with Crippen molar-refractivity contribution in [1.82, 2.24) is 4.98 Å². The van der Waals surface area contributed by atoms with Crippen molar-refractivity contribution in [3.05, 3.63) is 53.9 Å². The quantitative estimate of drug-likeness (QED) is 0.859. The summed E-state index contributed by atoms with van der Waals surface area (Å²) in [6.45, 7) is 0. The highest BCUT2D eigenvalue weighted by Gasteiger charge is 2.12. The van der Waals surface area contributed by atoms with Crippen LogP contribution in [0.15, 0.2) is 36.7 Å². The maximum Gasteiger partial charge on any atom is 0.257 e. The van der Waals surface area contributed by atoms with Crippen LogP contribution in [0.1, 0.15) is 10.4 Å².